The highest BCUT2D eigenvalue weighted by atomic mass is 16.5. The van der Waals surface area contributed by atoms with Gasteiger partial charge in [-0.2, -0.15) is 0 Å². The molecule has 21 heavy (non-hydrogen) atoms. The number of nitrogens with zero attached hydrogens (tertiary/aromatic N) is 2. The lowest BCUT2D eigenvalue weighted by molar-refractivity contribution is 0.0698. The fourth-order valence-electron chi connectivity index (χ4n) is 2.08. The van der Waals surface area contributed by atoms with Crippen molar-refractivity contribution >= 4 is 16.9 Å². The van der Waals surface area contributed by atoms with Crippen LogP contribution in [0.3, 0.4) is 0 Å². The molecule has 0 aliphatic heterocycles. The Balaban J connectivity index is 2.45. The van der Waals surface area contributed by atoms with Crippen LogP contribution in [0, 0.1) is 0 Å². The minimum absolute atomic E-state index is 0.222. The van der Waals surface area contributed by atoms with Crippen molar-refractivity contribution in [3.8, 4) is 5.88 Å². The van der Waals surface area contributed by atoms with Gasteiger partial charge in [0, 0.05) is 38.5 Å². The van der Waals surface area contributed by atoms with Crippen LogP contribution in [-0.4, -0.2) is 54.7 Å². The van der Waals surface area contributed by atoms with E-state index in [9.17, 15) is 9.90 Å². The van der Waals surface area contributed by atoms with E-state index in [2.05, 4.69) is 4.98 Å². The van der Waals surface area contributed by atoms with Gasteiger partial charge >= 0.3 is 5.97 Å². The maximum absolute atomic E-state index is 11.3. The molecule has 0 amide bonds. The van der Waals surface area contributed by atoms with E-state index in [4.69, 9.17) is 14.2 Å². The number of aromatic nitrogens is 2. The van der Waals surface area contributed by atoms with Crippen LogP contribution < -0.4 is 4.74 Å². The molecular formula is C14H18N2O5. The summed E-state index contributed by atoms with van der Waals surface area (Å²) in [6, 6.07) is 1.67. The van der Waals surface area contributed by atoms with E-state index in [1.54, 1.807) is 31.0 Å². The first-order valence-electron chi connectivity index (χ1n) is 6.50. The van der Waals surface area contributed by atoms with Crippen LogP contribution in [0.5, 0.6) is 5.88 Å². The minimum Gasteiger partial charge on any atom is -0.478 e. The third-order valence-electron chi connectivity index (χ3n) is 3.05. The van der Waals surface area contributed by atoms with E-state index in [1.165, 1.54) is 6.20 Å². The van der Waals surface area contributed by atoms with E-state index in [-0.39, 0.29) is 5.56 Å². The maximum Gasteiger partial charge on any atom is 0.337 e. The summed E-state index contributed by atoms with van der Waals surface area (Å²) in [7, 11) is 3.18. The molecule has 114 valence electrons. The molecular weight excluding hydrogens is 276 g/mol. The lowest BCUT2D eigenvalue weighted by Gasteiger charge is -2.09. The van der Waals surface area contributed by atoms with Gasteiger partial charge in [-0.3, -0.25) is 0 Å². The fraction of sp³-hybridized carbons (Fsp3) is 0.429. The Labute approximate surface area is 122 Å². The molecule has 0 saturated heterocycles. The topological polar surface area (TPSA) is 82.8 Å². The summed E-state index contributed by atoms with van der Waals surface area (Å²) >= 11 is 0. The molecule has 0 aliphatic rings. The van der Waals surface area contributed by atoms with Gasteiger partial charge in [0.25, 0.3) is 0 Å². The molecule has 0 spiro atoms. The molecule has 2 aromatic rings. The van der Waals surface area contributed by atoms with E-state index in [0.717, 1.165) is 0 Å². The normalized spacial score (nSPS) is 11.0. The molecule has 2 rings (SSSR count). The summed E-state index contributed by atoms with van der Waals surface area (Å²) in [6.07, 6.45) is 3.12. The van der Waals surface area contributed by atoms with Crippen molar-refractivity contribution in [1.82, 2.24) is 9.55 Å². The zero-order valence-electron chi connectivity index (χ0n) is 12.0. The van der Waals surface area contributed by atoms with E-state index in [0.29, 0.717) is 43.1 Å². The smallest absolute Gasteiger partial charge is 0.337 e. The average Bonchev–Trinajstić information content (AvgIpc) is 2.85. The van der Waals surface area contributed by atoms with Crippen molar-refractivity contribution < 1.29 is 24.1 Å². The number of pyridine rings is 1. The van der Waals surface area contributed by atoms with Crippen LogP contribution in [-0.2, 0) is 16.0 Å². The molecule has 0 bridgehead atoms. The van der Waals surface area contributed by atoms with Gasteiger partial charge in [-0.05, 0) is 6.07 Å². The molecule has 7 nitrogen and oxygen atoms in total. The fourth-order valence-corrected chi connectivity index (χ4v) is 2.08. The first kappa shape index (κ1) is 15.3. The summed E-state index contributed by atoms with van der Waals surface area (Å²) < 4.78 is 17.4. The third-order valence-corrected chi connectivity index (χ3v) is 3.05. The van der Waals surface area contributed by atoms with Gasteiger partial charge in [0.15, 0.2) is 0 Å². The molecule has 0 atom stereocenters. The highest BCUT2D eigenvalue weighted by Gasteiger charge is 2.18. The first-order chi connectivity index (χ1) is 10.2. The Morgan fingerprint density at radius 2 is 2.05 bits per heavy atom. The molecule has 0 aromatic carbocycles. The average molecular weight is 294 g/mol. The number of ether oxygens (including phenoxy) is 3. The number of hydrogen-bond acceptors (Lipinski definition) is 5. The summed E-state index contributed by atoms with van der Waals surface area (Å²) in [5, 5.41) is 9.90. The second-order valence-corrected chi connectivity index (χ2v) is 4.39. The van der Waals surface area contributed by atoms with Crippen molar-refractivity contribution in [3.63, 3.8) is 0 Å². The summed E-state index contributed by atoms with van der Waals surface area (Å²) in [6.45, 7) is 1.77. The van der Waals surface area contributed by atoms with Gasteiger partial charge in [-0.1, -0.05) is 0 Å². The molecule has 0 unspecified atom stereocenters. The molecule has 2 heterocycles. The van der Waals surface area contributed by atoms with Crippen molar-refractivity contribution in [3.05, 3.63) is 24.0 Å². The maximum atomic E-state index is 11.3. The number of hydrogen-bond donors (Lipinski definition) is 1. The van der Waals surface area contributed by atoms with Crippen LogP contribution in [0.2, 0.25) is 0 Å². The van der Waals surface area contributed by atoms with Gasteiger partial charge in [-0.25, -0.2) is 9.78 Å². The zero-order valence-corrected chi connectivity index (χ0v) is 12.0. The van der Waals surface area contributed by atoms with Gasteiger partial charge in [-0.15, -0.1) is 0 Å². The molecule has 0 aliphatic carbocycles. The lowest BCUT2D eigenvalue weighted by atomic mass is 10.2. The van der Waals surface area contributed by atoms with Crippen molar-refractivity contribution in [2.75, 3.05) is 34.0 Å². The summed E-state index contributed by atoms with van der Waals surface area (Å²) in [4.78, 5) is 15.5. The van der Waals surface area contributed by atoms with Gasteiger partial charge in [0.05, 0.1) is 18.8 Å². The van der Waals surface area contributed by atoms with Gasteiger partial charge in [0.2, 0.25) is 5.88 Å². The lowest BCUT2D eigenvalue weighted by Crippen LogP contribution is -2.08. The van der Waals surface area contributed by atoms with Crippen molar-refractivity contribution in [1.29, 1.82) is 0 Å². The quantitative estimate of drug-likeness (QED) is 0.741. The Hall–Kier alpha value is -2.12. The first-order valence-corrected chi connectivity index (χ1v) is 6.50. The van der Waals surface area contributed by atoms with Crippen LogP contribution in [0.1, 0.15) is 10.4 Å². The number of aromatic carboxylic acids is 1. The standard InChI is InChI=1S/C14H18N2O5/c1-19-6-5-16-9-11(14(17)18)10-3-4-15-13(12(10)16)21-8-7-20-2/h3-4,9H,5-8H2,1-2H3,(H,17,18). The van der Waals surface area contributed by atoms with E-state index in [1.807, 2.05) is 0 Å². The van der Waals surface area contributed by atoms with Crippen LogP contribution in [0.25, 0.3) is 10.9 Å². The monoisotopic (exact) mass is 294 g/mol. The SMILES string of the molecule is COCCOc1nccc2c(C(=O)O)cn(CCOC)c12. The predicted molar refractivity (Wildman–Crippen MR) is 75.9 cm³/mol. The molecule has 0 fully saturated rings. The number of methoxy groups -OCH3 is 2. The highest BCUT2D eigenvalue weighted by Crippen LogP contribution is 2.28. The van der Waals surface area contributed by atoms with E-state index >= 15 is 0 Å². The molecule has 7 heteroatoms. The van der Waals surface area contributed by atoms with Crippen LogP contribution >= 0.6 is 0 Å². The predicted octanol–water partition coefficient (Wildman–Crippen LogP) is 1.41. The number of carbonyl (C=O) groups is 1. The largest absolute Gasteiger partial charge is 0.478 e. The molecule has 0 saturated carbocycles. The summed E-state index contributed by atoms with van der Waals surface area (Å²) in [5.41, 5.74) is 0.878. The number of rotatable bonds is 8. The number of fused-ring (bicyclic) bond motifs is 1. The Kier molecular flexibility index (Phi) is 5.13. The second kappa shape index (κ2) is 7.05. The van der Waals surface area contributed by atoms with Gasteiger partial charge in [0.1, 0.15) is 12.1 Å². The molecule has 0 radical (unpaired) electrons. The highest BCUT2D eigenvalue weighted by molar-refractivity contribution is 6.04. The Bertz CT molecular complexity index is 623. The van der Waals surface area contributed by atoms with Crippen LogP contribution in [0.4, 0.5) is 0 Å². The Morgan fingerprint density at radius 3 is 2.71 bits per heavy atom. The van der Waals surface area contributed by atoms with Crippen LogP contribution in [0.15, 0.2) is 18.5 Å². The number of carboxylic acids is 1. The minimum atomic E-state index is -0.981. The van der Waals surface area contributed by atoms with Crippen molar-refractivity contribution in [2.45, 2.75) is 6.54 Å². The number of carboxylic acid groups (broad SMARTS) is 1. The van der Waals surface area contributed by atoms with E-state index < -0.39 is 5.97 Å². The van der Waals surface area contributed by atoms with Crippen molar-refractivity contribution in [2.24, 2.45) is 0 Å². The Morgan fingerprint density at radius 1 is 1.29 bits per heavy atom. The molecule has 2 aromatic heterocycles. The third kappa shape index (κ3) is 3.32. The summed E-state index contributed by atoms with van der Waals surface area (Å²) in [5.74, 6) is -0.585. The molecule has 1 N–H and O–H groups in total. The second-order valence-electron chi connectivity index (χ2n) is 4.39. The van der Waals surface area contributed by atoms with Gasteiger partial charge < -0.3 is 23.9 Å². The zero-order chi connectivity index (χ0) is 15.2.